The Balaban J connectivity index is 1.27. The second-order valence-electron chi connectivity index (χ2n) is 7.89. The van der Waals surface area contributed by atoms with Crippen LogP contribution in [0.25, 0.3) is 0 Å². The fourth-order valence-corrected chi connectivity index (χ4v) is 4.50. The number of anilines is 1. The fourth-order valence-electron chi connectivity index (χ4n) is 4.50. The Bertz CT molecular complexity index is 786. The third-order valence-electron chi connectivity index (χ3n) is 6.15. The molecule has 0 radical (unpaired) electrons. The summed E-state index contributed by atoms with van der Waals surface area (Å²) in [5.74, 6) is 1.28. The summed E-state index contributed by atoms with van der Waals surface area (Å²) < 4.78 is 0. The molecule has 1 atom stereocenters. The molecule has 2 aromatic rings. The van der Waals surface area contributed by atoms with Crippen LogP contribution in [-0.4, -0.2) is 60.5 Å². The quantitative estimate of drug-likeness (QED) is 0.801. The third-order valence-corrected chi connectivity index (χ3v) is 6.15. The van der Waals surface area contributed by atoms with Gasteiger partial charge in [0.1, 0.15) is 5.82 Å². The molecule has 1 unspecified atom stereocenters. The summed E-state index contributed by atoms with van der Waals surface area (Å²) in [5.41, 5.74) is 2.93. The number of hydrogen-bond acceptors (Lipinski definition) is 4. The van der Waals surface area contributed by atoms with E-state index in [0.29, 0.717) is 12.5 Å². The zero-order valence-electron chi connectivity index (χ0n) is 16.8. The molecule has 1 amide bonds. The monoisotopic (exact) mass is 378 g/mol. The van der Waals surface area contributed by atoms with E-state index >= 15 is 0 Å². The molecule has 1 aliphatic heterocycles. The van der Waals surface area contributed by atoms with Crippen LogP contribution in [0.5, 0.6) is 0 Å². The number of carbonyl (C=O) groups is 1. The molecule has 5 nitrogen and oxygen atoms in total. The molecule has 1 aromatic heterocycles. The Kier molecular flexibility index (Phi) is 5.91. The van der Waals surface area contributed by atoms with E-state index in [1.54, 1.807) is 0 Å². The van der Waals surface area contributed by atoms with Gasteiger partial charge in [0, 0.05) is 51.4 Å². The lowest BCUT2D eigenvalue weighted by Crippen LogP contribution is -2.49. The number of nitrogens with zero attached hydrogens (tertiary/aromatic N) is 4. The Hall–Kier alpha value is -2.40. The van der Waals surface area contributed by atoms with Crippen LogP contribution in [-0.2, 0) is 11.2 Å². The predicted molar refractivity (Wildman–Crippen MR) is 112 cm³/mol. The molecule has 1 saturated heterocycles. The van der Waals surface area contributed by atoms with Crippen LogP contribution in [0.4, 0.5) is 5.82 Å². The maximum Gasteiger partial charge on any atom is 0.223 e. The Labute approximate surface area is 168 Å². The number of carbonyl (C=O) groups excluding carboxylic acids is 1. The number of aromatic nitrogens is 1. The van der Waals surface area contributed by atoms with Crippen molar-refractivity contribution in [2.24, 2.45) is 0 Å². The van der Waals surface area contributed by atoms with Crippen molar-refractivity contribution in [2.75, 3.05) is 44.7 Å². The van der Waals surface area contributed by atoms with Crippen molar-refractivity contribution in [3.8, 4) is 0 Å². The summed E-state index contributed by atoms with van der Waals surface area (Å²) in [7, 11) is 2.17. The first-order valence-corrected chi connectivity index (χ1v) is 10.4. The number of benzene rings is 1. The number of fused-ring (bicyclic) bond motifs is 1. The van der Waals surface area contributed by atoms with Gasteiger partial charge in [-0.25, -0.2) is 4.98 Å². The maximum absolute atomic E-state index is 12.7. The highest BCUT2D eigenvalue weighted by molar-refractivity contribution is 5.76. The summed E-state index contributed by atoms with van der Waals surface area (Å²) in [6.45, 7) is 4.10. The molecule has 4 rings (SSSR count). The van der Waals surface area contributed by atoms with Gasteiger partial charge in [0.2, 0.25) is 5.91 Å². The largest absolute Gasteiger partial charge is 0.353 e. The standard InChI is InChI=1S/C23H30N4O/c1-25(21-10-6-8-19-7-2-3-9-20(19)21)14-12-23(28)27-17-15-26(16-18-27)22-11-4-5-13-24-22/h2-5,7,9,11,13,21H,6,8,10,12,14-18H2,1H3. The lowest BCUT2D eigenvalue weighted by atomic mass is 9.87. The molecule has 1 aromatic carbocycles. The molecular weight excluding hydrogens is 348 g/mol. The molecule has 2 heterocycles. The maximum atomic E-state index is 12.7. The molecule has 148 valence electrons. The van der Waals surface area contributed by atoms with E-state index < -0.39 is 0 Å². The highest BCUT2D eigenvalue weighted by Crippen LogP contribution is 2.33. The number of hydrogen-bond donors (Lipinski definition) is 0. The van der Waals surface area contributed by atoms with Gasteiger partial charge >= 0.3 is 0 Å². The van der Waals surface area contributed by atoms with Crippen molar-refractivity contribution in [2.45, 2.75) is 31.7 Å². The zero-order valence-corrected chi connectivity index (χ0v) is 16.8. The molecule has 1 fully saturated rings. The number of piperazine rings is 1. The van der Waals surface area contributed by atoms with E-state index in [9.17, 15) is 4.79 Å². The van der Waals surface area contributed by atoms with Crippen LogP contribution in [0.15, 0.2) is 48.7 Å². The average molecular weight is 379 g/mol. The second kappa shape index (κ2) is 8.74. The van der Waals surface area contributed by atoms with E-state index in [1.807, 2.05) is 29.3 Å². The van der Waals surface area contributed by atoms with Crippen molar-refractivity contribution in [1.29, 1.82) is 0 Å². The average Bonchev–Trinajstić information content (AvgIpc) is 2.77. The van der Waals surface area contributed by atoms with Gasteiger partial charge in [-0.1, -0.05) is 30.3 Å². The van der Waals surface area contributed by atoms with Gasteiger partial charge in [-0.2, -0.15) is 0 Å². The summed E-state index contributed by atoms with van der Waals surface area (Å²) in [6, 6.07) is 15.2. The molecule has 2 aliphatic rings. The molecule has 0 spiro atoms. The van der Waals surface area contributed by atoms with Gasteiger partial charge in [0.05, 0.1) is 0 Å². The van der Waals surface area contributed by atoms with Crippen LogP contribution in [0.3, 0.4) is 0 Å². The van der Waals surface area contributed by atoms with Gasteiger partial charge in [0.25, 0.3) is 0 Å². The van der Waals surface area contributed by atoms with Crippen molar-refractivity contribution >= 4 is 11.7 Å². The lowest BCUT2D eigenvalue weighted by Gasteiger charge is -2.36. The van der Waals surface area contributed by atoms with Gasteiger partial charge in [-0.3, -0.25) is 9.69 Å². The van der Waals surface area contributed by atoms with E-state index in [4.69, 9.17) is 0 Å². The zero-order chi connectivity index (χ0) is 19.3. The smallest absolute Gasteiger partial charge is 0.223 e. The minimum atomic E-state index is 0.275. The van der Waals surface area contributed by atoms with Crippen LogP contribution in [0.2, 0.25) is 0 Å². The summed E-state index contributed by atoms with van der Waals surface area (Å²) in [5, 5.41) is 0. The highest BCUT2D eigenvalue weighted by atomic mass is 16.2. The summed E-state index contributed by atoms with van der Waals surface area (Å²) in [4.78, 5) is 23.8. The molecule has 0 N–H and O–H groups in total. The first-order valence-electron chi connectivity index (χ1n) is 10.4. The number of amides is 1. The Morgan fingerprint density at radius 1 is 1.11 bits per heavy atom. The van der Waals surface area contributed by atoms with Gasteiger partial charge in [-0.05, 0) is 49.6 Å². The first-order chi connectivity index (χ1) is 13.7. The number of rotatable bonds is 5. The number of pyridine rings is 1. The van der Waals surface area contributed by atoms with Crippen LogP contribution in [0.1, 0.15) is 36.4 Å². The van der Waals surface area contributed by atoms with Crippen molar-refractivity contribution < 1.29 is 4.79 Å². The highest BCUT2D eigenvalue weighted by Gasteiger charge is 2.25. The van der Waals surface area contributed by atoms with E-state index in [2.05, 4.69) is 46.1 Å². The molecule has 5 heteroatoms. The summed E-state index contributed by atoms with van der Waals surface area (Å²) >= 11 is 0. The minimum Gasteiger partial charge on any atom is -0.353 e. The normalized spacial score (nSPS) is 19.6. The van der Waals surface area contributed by atoms with Gasteiger partial charge < -0.3 is 9.80 Å². The van der Waals surface area contributed by atoms with Crippen LogP contribution in [0, 0.1) is 0 Å². The minimum absolute atomic E-state index is 0.275. The van der Waals surface area contributed by atoms with Crippen LogP contribution < -0.4 is 4.90 Å². The molecule has 0 bridgehead atoms. The second-order valence-corrected chi connectivity index (χ2v) is 7.89. The van der Waals surface area contributed by atoms with Crippen molar-refractivity contribution in [3.63, 3.8) is 0 Å². The third kappa shape index (κ3) is 4.20. The Morgan fingerprint density at radius 2 is 1.89 bits per heavy atom. The SMILES string of the molecule is CN(CCC(=O)N1CCN(c2ccccn2)CC1)C1CCCc2ccccc21. The van der Waals surface area contributed by atoms with E-state index in [0.717, 1.165) is 38.5 Å². The van der Waals surface area contributed by atoms with E-state index in [-0.39, 0.29) is 5.91 Å². The molecule has 0 saturated carbocycles. The van der Waals surface area contributed by atoms with Gasteiger partial charge in [0.15, 0.2) is 0 Å². The summed E-state index contributed by atoms with van der Waals surface area (Å²) in [6.07, 6.45) is 6.02. The fraction of sp³-hybridized carbons (Fsp3) is 0.478. The Morgan fingerprint density at radius 3 is 2.68 bits per heavy atom. The van der Waals surface area contributed by atoms with Gasteiger partial charge in [-0.15, -0.1) is 0 Å². The van der Waals surface area contributed by atoms with E-state index in [1.165, 1.54) is 30.4 Å². The molecule has 1 aliphatic carbocycles. The molecular formula is C23H30N4O. The van der Waals surface area contributed by atoms with Crippen LogP contribution >= 0.6 is 0 Å². The molecule has 28 heavy (non-hydrogen) atoms. The lowest BCUT2D eigenvalue weighted by molar-refractivity contribution is -0.131. The first kappa shape index (κ1) is 18.9. The number of aryl methyl sites for hydroxylation is 1. The predicted octanol–water partition coefficient (Wildman–Crippen LogP) is 3.13. The van der Waals surface area contributed by atoms with Crippen molar-refractivity contribution in [3.05, 3.63) is 59.8 Å². The topological polar surface area (TPSA) is 39.7 Å². The van der Waals surface area contributed by atoms with Crippen molar-refractivity contribution in [1.82, 2.24) is 14.8 Å².